The van der Waals surface area contributed by atoms with Gasteiger partial charge in [0.15, 0.2) is 0 Å². The van der Waals surface area contributed by atoms with Crippen LogP contribution in [0.4, 0.5) is 5.82 Å². The van der Waals surface area contributed by atoms with Gasteiger partial charge in [0.2, 0.25) is 5.91 Å². The molecule has 2 rings (SSSR count). The van der Waals surface area contributed by atoms with Gasteiger partial charge in [0.25, 0.3) is 0 Å². The van der Waals surface area contributed by atoms with Crippen molar-refractivity contribution in [3.05, 3.63) is 36.4 Å². The number of rotatable bonds is 3. The summed E-state index contributed by atoms with van der Waals surface area (Å²) in [7, 11) is 1.79. The quantitative estimate of drug-likeness (QED) is 0.814. The largest absolute Gasteiger partial charge is 0.310 e. The van der Waals surface area contributed by atoms with Gasteiger partial charge in [-0.3, -0.25) is 9.48 Å². The monoisotopic (exact) mass is 247 g/mol. The molecule has 0 atom stereocenters. The Kier molecular flexibility index (Phi) is 3.49. The Bertz CT molecular complexity index is 522. The van der Waals surface area contributed by atoms with Crippen molar-refractivity contribution in [1.29, 1.82) is 0 Å². The maximum Gasteiger partial charge on any atom is 0.235 e. The minimum atomic E-state index is -0.143. The highest BCUT2D eigenvalue weighted by atomic mass is 32.1. The van der Waals surface area contributed by atoms with Crippen LogP contribution in [0.5, 0.6) is 0 Å². The van der Waals surface area contributed by atoms with Gasteiger partial charge in [-0.25, -0.2) is 0 Å². The summed E-state index contributed by atoms with van der Waals surface area (Å²) in [6, 6.07) is 11.7. The number of amides is 1. The van der Waals surface area contributed by atoms with Crippen molar-refractivity contribution in [2.75, 3.05) is 11.1 Å². The van der Waals surface area contributed by atoms with E-state index >= 15 is 0 Å². The van der Waals surface area contributed by atoms with Crippen LogP contribution >= 0.6 is 12.6 Å². The van der Waals surface area contributed by atoms with Crippen molar-refractivity contribution < 1.29 is 4.79 Å². The second-order valence-corrected chi connectivity index (χ2v) is 3.93. The van der Waals surface area contributed by atoms with Crippen molar-refractivity contribution in [3.8, 4) is 11.3 Å². The van der Waals surface area contributed by atoms with Crippen LogP contribution in [-0.4, -0.2) is 21.4 Å². The van der Waals surface area contributed by atoms with E-state index in [0.717, 1.165) is 11.3 Å². The molecule has 0 unspecified atom stereocenters. The summed E-state index contributed by atoms with van der Waals surface area (Å²) in [6.45, 7) is 0. The second kappa shape index (κ2) is 5.05. The molecule has 0 saturated carbocycles. The molecule has 1 aromatic heterocycles. The van der Waals surface area contributed by atoms with Gasteiger partial charge in [-0.2, -0.15) is 17.7 Å². The second-order valence-electron chi connectivity index (χ2n) is 3.61. The van der Waals surface area contributed by atoms with Crippen LogP contribution in [0.3, 0.4) is 0 Å². The number of carbonyl (C=O) groups excluding carboxylic acids is 1. The number of nitrogens with one attached hydrogen (secondary N) is 1. The molecule has 2 aromatic rings. The zero-order valence-corrected chi connectivity index (χ0v) is 10.3. The Morgan fingerprint density at radius 2 is 2.12 bits per heavy atom. The summed E-state index contributed by atoms with van der Waals surface area (Å²) in [5.74, 6) is 0.685. The zero-order valence-electron chi connectivity index (χ0n) is 9.42. The van der Waals surface area contributed by atoms with Gasteiger partial charge in [0.1, 0.15) is 5.82 Å². The number of aromatic nitrogens is 2. The minimum absolute atomic E-state index is 0.143. The molecule has 88 valence electrons. The van der Waals surface area contributed by atoms with E-state index < -0.39 is 0 Å². The topological polar surface area (TPSA) is 46.9 Å². The van der Waals surface area contributed by atoms with Gasteiger partial charge in [0.05, 0.1) is 11.4 Å². The van der Waals surface area contributed by atoms with Crippen LogP contribution in [-0.2, 0) is 11.8 Å². The van der Waals surface area contributed by atoms with E-state index in [1.165, 1.54) is 0 Å². The Balaban J connectivity index is 2.28. The summed E-state index contributed by atoms with van der Waals surface area (Å²) in [4.78, 5) is 11.3. The molecule has 1 amide bonds. The highest BCUT2D eigenvalue weighted by Gasteiger charge is 2.08. The molecule has 0 saturated heterocycles. The van der Waals surface area contributed by atoms with Crippen molar-refractivity contribution in [2.45, 2.75) is 0 Å². The zero-order chi connectivity index (χ0) is 12.3. The van der Waals surface area contributed by atoms with Crippen LogP contribution in [0.2, 0.25) is 0 Å². The van der Waals surface area contributed by atoms with Gasteiger partial charge in [-0.1, -0.05) is 30.3 Å². The third-order valence-corrected chi connectivity index (χ3v) is 2.65. The lowest BCUT2D eigenvalue weighted by molar-refractivity contribution is -0.113. The normalized spacial score (nSPS) is 10.2. The van der Waals surface area contributed by atoms with E-state index in [9.17, 15) is 4.79 Å². The third kappa shape index (κ3) is 2.68. The van der Waals surface area contributed by atoms with Gasteiger partial charge in [-0.15, -0.1) is 0 Å². The number of hydrogen-bond donors (Lipinski definition) is 2. The van der Waals surface area contributed by atoms with Crippen molar-refractivity contribution in [2.24, 2.45) is 7.05 Å². The van der Waals surface area contributed by atoms with Gasteiger partial charge in [0, 0.05) is 18.7 Å². The number of hydrogen-bond acceptors (Lipinski definition) is 3. The molecule has 0 radical (unpaired) electrons. The van der Waals surface area contributed by atoms with E-state index in [2.05, 4.69) is 23.0 Å². The Labute approximate surface area is 105 Å². The molecule has 5 heteroatoms. The predicted octanol–water partition coefficient (Wildman–Crippen LogP) is 1.96. The molecule has 4 nitrogen and oxygen atoms in total. The van der Waals surface area contributed by atoms with Crippen LogP contribution in [0.1, 0.15) is 0 Å². The molecule has 0 aliphatic heterocycles. The van der Waals surface area contributed by atoms with Crippen LogP contribution in [0.15, 0.2) is 36.4 Å². The molecular weight excluding hydrogens is 234 g/mol. The molecule has 1 aromatic carbocycles. The molecule has 17 heavy (non-hydrogen) atoms. The first kappa shape index (κ1) is 11.7. The van der Waals surface area contributed by atoms with E-state index in [-0.39, 0.29) is 11.7 Å². The van der Waals surface area contributed by atoms with Crippen molar-refractivity contribution in [3.63, 3.8) is 0 Å². The number of nitrogens with zero attached hydrogens (tertiary/aromatic N) is 2. The van der Waals surface area contributed by atoms with Crippen LogP contribution in [0, 0.1) is 0 Å². The fourth-order valence-corrected chi connectivity index (χ4v) is 1.60. The Morgan fingerprint density at radius 3 is 2.76 bits per heavy atom. The fraction of sp³-hybridized carbons (Fsp3) is 0.167. The van der Waals surface area contributed by atoms with Gasteiger partial charge < -0.3 is 5.32 Å². The Morgan fingerprint density at radius 1 is 1.41 bits per heavy atom. The first-order valence-corrected chi connectivity index (χ1v) is 5.84. The van der Waals surface area contributed by atoms with Gasteiger partial charge >= 0.3 is 0 Å². The number of anilines is 1. The molecule has 1 N–H and O–H groups in total. The number of aryl methyl sites for hydroxylation is 1. The standard InChI is InChI=1S/C12H13N3OS/c1-15-11(13-12(16)8-17)7-10(14-15)9-5-3-2-4-6-9/h2-7,17H,8H2,1H3,(H,13,16). The lowest BCUT2D eigenvalue weighted by atomic mass is 10.2. The third-order valence-electron chi connectivity index (χ3n) is 2.36. The maximum absolute atomic E-state index is 11.3. The number of thiol groups is 1. The van der Waals surface area contributed by atoms with Crippen molar-refractivity contribution in [1.82, 2.24) is 9.78 Å². The molecule has 0 aliphatic rings. The van der Waals surface area contributed by atoms with Crippen molar-refractivity contribution >= 4 is 24.4 Å². The Hall–Kier alpha value is -1.75. The number of carbonyl (C=O) groups is 1. The molecule has 1 heterocycles. The summed E-state index contributed by atoms with van der Waals surface area (Å²) < 4.78 is 1.64. The highest BCUT2D eigenvalue weighted by Crippen LogP contribution is 2.20. The smallest absolute Gasteiger partial charge is 0.235 e. The van der Waals surface area contributed by atoms with E-state index in [0.29, 0.717) is 5.82 Å². The lowest BCUT2D eigenvalue weighted by Crippen LogP contribution is -2.15. The average Bonchev–Trinajstić information content (AvgIpc) is 2.72. The van der Waals surface area contributed by atoms with E-state index in [1.54, 1.807) is 11.7 Å². The first-order valence-electron chi connectivity index (χ1n) is 5.21. The summed E-state index contributed by atoms with van der Waals surface area (Å²) in [5, 5.41) is 7.08. The molecule has 0 bridgehead atoms. The molecule has 0 aliphatic carbocycles. The summed E-state index contributed by atoms with van der Waals surface area (Å²) in [6.07, 6.45) is 0. The summed E-state index contributed by atoms with van der Waals surface area (Å²) >= 11 is 3.92. The highest BCUT2D eigenvalue weighted by molar-refractivity contribution is 7.81. The van der Waals surface area contributed by atoms with Crippen LogP contribution < -0.4 is 5.32 Å². The molecule has 0 spiro atoms. The van der Waals surface area contributed by atoms with Crippen LogP contribution in [0.25, 0.3) is 11.3 Å². The molecule has 0 fully saturated rings. The minimum Gasteiger partial charge on any atom is -0.310 e. The lowest BCUT2D eigenvalue weighted by Gasteiger charge is -2.01. The fourth-order valence-electron chi connectivity index (χ4n) is 1.52. The van der Waals surface area contributed by atoms with E-state index in [4.69, 9.17) is 0 Å². The predicted molar refractivity (Wildman–Crippen MR) is 71.1 cm³/mol. The number of benzene rings is 1. The summed E-state index contributed by atoms with van der Waals surface area (Å²) in [5.41, 5.74) is 1.86. The first-order chi connectivity index (χ1) is 8.20. The molecular formula is C12H13N3OS. The maximum atomic E-state index is 11.3. The van der Waals surface area contributed by atoms with Gasteiger partial charge in [-0.05, 0) is 0 Å². The average molecular weight is 247 g/mol. The SMILES string of the molecule is Cn1nc(-c2ccccc2)cc1NC(=O)CS. The van der Waals surface area contributed by atoms with E-state index in [1.807, 2.05) is 36.4 Å².